The van der Waals surface area contributed by atoms with Crippen LogP contribution in [0.15, 0.2) is 54.6 Å². The first-order valence-corrected chi connectivity index (χ1v) is 11.2. The maximum atomic E-state index is 12.8. The number of hydrogen-bond acceptors (Lipinski definition) is 4. The zero-order chi connectivity index (χ0) is 22.9. The molecule has 2 N–H and O–H groups in total. The van der Waals surface area contributed by atoms with Gasteiger partial charge in [-0.15, -0.1) is 0 Å². The molecule has 2 aromatic carbocycles. The summed E-state index contributed by atoms with van der Waals surface area (Å²) in [5.74, 6) is 0.0827. The second kappa shape index (κ2) is 11.3. The van der Waals surface area contributed by atoms with Crippen LogP contribution in [-0.4, -0.2) is 42.5 Å². The Bertz CT molecular complexity index is 932. The monoisotopic (exact) mass is 437 g/mol. The van der Waals surface area contributed by atoms with Gasteiger partial charge in [-0.1, -0.05) is 37.6 Å². The maximum Gasteiger partial charge on any atom is 0.338 e. The molecule has 0 aliphatic carbocycles. The molecule has 1 heterocycles. The molecule has 3 amide bonds. The third-order valence-electron chi connectivity index (χ3n) is 5.83. The lowest BCUT2D eigenvalue weighted by Gasteiger charge is -2.38. The highest BCUT2D eigenvalue weighted by Gasteiger charge is 2.31. The van der Waals surface area contributed by atoms with Crippen LogP contribution < -0.4 is 10.6 Å². The fourth-order valence-electron chi connectivity index (χ4n) is 4.11. The van der Waals surface area contributed by atoms with E-state index in [9.17, 15) is 14.4 Å². The van der Waals surface area contributed by atoms with E-state index in [1.54, 1.807) is 36.1 Å². The minimum absolute atomic E-state index is 0.00771. The molecule has 1 aliphatic heterocycles. The number of carbonyl (C=O) groups excluding carboxylic acids is 3. The zero-order valence-electron chi connectivity index (χ0n) is 18.7. The van der Waals surface area contributed by atoms with E-state index in [0.717, 1.165) is 18.5 Å². The maximum absolute atomic E-state index is 12.8. The molecule has 1 aliphatic rings. The van der Waals surface area contributed by atoms with Crippen LogP contribution in [0.2, 0.25) is 0 Å². The number of amides is 3. The average Bonchev–Trinajstić information content (AvgIpc) is 2.80. The van der Waals surface area contributed by atoms with Gasteiger partial charge in [-0.25, -0.2) is 9.59 Å². The van der Waals surface area contributed by atoms with Crippen molar-refractivity contribution < 1.29 is 19.1 Å². The van der Waals surface area contributed by atoms with Gasteiger partial charge in [0.25, 0.3) is 0 Å². The van der Waals surface area contributed by atoms with E-state index >= 15 is 0 Å². The van der Waals surface area contributed by atoms with E-state index in [1.165, 1.54) is 0 Å². The number of carbonyl (C=O) groups is 3. The van der Waals surface area contributed by atoms with Crippen molar-refractivity contribution >= 4 is 29.3 Å². The lowest BCUT2D eigenvalue weighted by molar-refractivity contribution is -0.117. The van der Waals surface area contributed by atoms with Gasteiger partial charge < -0.3 is 20.3 Å². The Hall–Kier alpha value is -3.35. The van der Waals surface area contributed by atoms with Gasteiger partial charge in [-0.3, -0.25) is 4.79 Å². The predicted molar refractivity (Wildman–Crippen MR) is 125 cm³/mol. The van der Waals surface area contributed by atoms with Gasteiger partial charge in [-0.2, -0.15) is 0 Å². The van der Waals surface area contributed by atoms with Gasteiger partial charge in [0, 0.05) is 30.9 Å². The molecule has 3 rings (SSSR count). The number of ether oxygens (including phenoxy) is 1. The van der Waals surface area contributed by atoms with E-state index in [1.807, 2.05) is 30.3 Å². The van der Waals surface area contributed by atoms with Crippen LogP contribution in [-0.2, 0) is 9.53 Å². The number of para-hydroxylation sites is 1. The Morgan fingerprint density at radius 2 is 1.72 bits per heavy atom. The van der Waals surface area contributed by atoms with Crippen molar-refractivity contribution in [1.82, 2.24) is 4.90 Å². The molecular formula is C25H31N3O4. The van der Waals surface area contributed by atoms with E-state index < -0.39 is 5.97 Å². The third-order valence-corrected chi connectivity index (χ3v) is 5.83. The van der Waals surface area contributed by atoms with Crippen LogP contribution in [0.25, 0.3) is 0 Å². The van der Waals surface area contributed by atoms with Crippen LogP contribution in [0.3, 0.4) is 0 Å². The molecule has 2 aromatic rings. The summed E-state index contributed by atoms with van der Waals surface area (Å²) in [7, 11) is 0. The van der Waals surface area contributed by atoms with Crippen molar-refractivity contribution in [3.05, 3.63) is 60.2 Å². The normalized spacial score (nSPS) is 18.0. The van der Waals surface area contributed by atoms with Gasteiger partial charge in [0.1, 0.15) is 0 Å². The van der Waals surface area contributed by atoms with Crippen LogP contribution >= 0.6 is 0 Å². The number of esters is 1. The van der Waals surface area contributed by atoms with Gasteiger partial charge in [0.15, 0.2) is 0 Å². The van der Waals surface area contributed by atoms with Gasteiger partial charge in [-0.05, 0) is 55.5 Å². The lowest BCUT2D eigenvalue weighted by Crippen LogP contribution is -2.46. The first kappa shape index (κ1) is 23.3. The minimum atomic E-state index is -0.413. The molecule has 7 heteroatoms. The van der Waals surface area contributed by atoms with Crippen LogP contribution in [0.5, 0.6) is 0 Å². The van der Waals surface area contributed by atoms with E-state index in [2.05, 4.69) is 17.6 Å². The molecule has 0 bridgehead atoms. The molecule has 0 aromatic heterocycles. The van der Waals surface area contributed by atoms with Crippen molar-refractivity contribution in [1.29, 1.82) is 0 Å². The van der Waals surface area contributed by atoms with Crippen LogP contribution in [0.1, 0.15) is 43.5 Å². The number of piperidine rings is 1. The number of nitrogens with one attached hydrogen (secondary N) is 2. The smallest absolute Gasteiger partial charge is 0.338 e. The highest BCUT2D eigenvalue weighted by molar-refractivity contribution is 5.94. The Balaban J connectivity index is 1.55. The number of rotatable bonds is 7. The molecule has 0 spiro atoms. The van der Waals surface area contributed by atoms with Crippen molar-refractivity contribution in [2.24, 2.45) is 11.8 Å². The summed E-state index contributed by atoms with van der Waals surface area (Å²) in [4.78, 5) is 39.0. The fraction of sp³-hybridized carbons (Fsp3) is 0.400. The van der Waals surface area contributed by atoms with E-state index in [0.29, 0.717) is 37.4 Å². The quantitative estimate of drug-likeness (QED) is 0.611. The molecule has 0 radical (unpaired) electrons. The highest BCUT2D eigenvalue weighted by Crippen LogP contribution is 2.30. The number of hydrogen-bond donors (Lipinski definition) is 2. The SMILES string of the molecule is CCOC(=O)c1cccc(NC(=O)N2CC[C@@H](CC(=O)Nc3ccccc3)[C@@H](CC)C2)c1. The third kappa shape index (κ3) is 6.33. The molecule has 1 fully saturated rings. The van der Waals surface area contributed by atoms with Crippen molar-refractivity contribution in [3.63, 3.8) is 0 Å². The second-order valence-electron chi connectivity index (χ2n) is 8.01. The van der Waals surface area contributed by atoms with Crippen molar-refractivity contribution in [3.8, 4) is 0 Å². The minimum Gasteiger partial charge on any atom is -0.462 e. The zero-order valence-corrected chi connectivity index (χ0v) is 18.7. The Kier molecular flexibility index (Phi) is 8.25. The van der Waals surface area contributed by atoms with Gasteiger partial charge in [0.2, 0.25) is 5.91 Å². The number of likely N-dealkylation sites (tertiary alicyclic amines) is 1. The second-order valence-corrected chi connectivity index (χ2v) is 8.01. The predicted octanol–water partition coefficient (Wildman–Crippen LogP) is 4.77. The summed E-state index contributed by atoms with van der Waals surface area (Å²) in [5.41, 5.74) is 1.75. The average molecular weight is 438 g/mol. The summed E-state index contributed by atoms with van der Waals surface area (Å²) in [6.45, 7) is 5.33. The number of benzene rings is 2. The lowest BCUT2D eigenvalue weighted by atomic mass is 9.81. The summed E-state index contributed by atoms with van der Waals surface area (Å²) >= 11 is 0. The molecule has 1 saturated heterocycles. The molecular weight excluding hydrogens is 406 g/mol. The Labute approximate surface area is 189 Å². The summed E-state index contributed by atoms with van der Waals surface area (Å²) < 4.78 is 5.02. The summed E-state index contributed by atoms with van der Waals surface area (Å²) in [6, 6.07) is 16.0. The Morgan fingerprint density at radius 3 is 2.44 bits per heavy atom. The van der Waals surface area contributed by atoms with Crippen LogP contribution in [0, 0.1) is 11.8 Å². The molecule has 0 unspecified atom stereocenters. The summed E-state index contributed by atoms with van der Waals surface area (Å²) in [6.07, 6.45) is 2.12. The largest absolute Gasteiger partial charge is 0.462 e. The number of nitrogens with zero attached hydrogens (tertiary/aromatic N) is 1. The highest BCUT2D eigenvalue weighted by atomic mass is 16.5. The van der Waals surface area contributed by atoms with E-state index in [4.69, 9.17) is 4.74 Å². The first-order valence-electron chi connectivity index (χ1n) is 11.2. The van der Waals surface area contributed by atoms with Crippen molar-refractivity contribution in [2.75, 3.05) is 30.3 Å². The topological polar surface area (TPSA) is 87.7 Å². The number of anilines is 2. The molecule has 170 valence electrons. The van der Waals surface area contributed by atoms with Crippen molar-refractivity contribution in [2.45, 2.75) is 33.1 Å². The molecule has 32 heavy (non-hydrogen) atoms. The molecule has 0 saturated carbocycles. The molecule has 7 nitrogen and oxygen atoms in total. The molecule has 2 atom stereocenters. The summed E-state index contributed by atoms with van der Waals surface area (Å²) in [5, 5.41) is 5.84. The van der Waals surface area contributed by atoms with Crippen LogP contribution in [0.4, 0.5) is 16.2 Å². The van der Waals surface area contributed by atoms with Gasteiger partial charge in [0.05, 0.1) is 12.2 Å². The Morgan fingerprint density at radius 1 is 0.969 bits per heavy atom. The first-order chi connectivity index (χ1) is 15.5. The fourth-order valence-corrected chi connectivity index (χ4v) is 4.11. The number of urea groups is 1. The standard InChI is InChI=1S/C25H31N3O4/c1-3-18-17-28(14-13-19(18)16-23(29)26-21-10-6-5-7-11-21)25(31)27-22-12-8-9-20(15-22)24(30)32-4-2/h5-12,15,18-19H,3-4,13-14,16-17H2,1-2H3,(H,26,29)(H,27,31)/t18-,19-/m0/s1. The van der Waals surface area contributed by atoms with E-state index in [-0.39, 0.29) is 23.8 Å². The van der Waals surface area contributed by atoms with Gasteiger partial charge >= 0.3 is 12.0 Å².